The smallest absolute Gasteiger partial charge is 0.244 e. The zero-order valence-corrected chi connectivity index (χ0v) is 11.9. The largest absolute Gasteiger partial charge is 0.394 e. The van der Waals surface area contributed by atoms with Crippen LogP contribution in [-0.2, 0) is 11.8 Å². The van der Waals surface area contributed by atoms with E-state index < -0.39 is 31.3 Å². The van der Waals surface area contributed by atoms with Crippen molar-refractivity contribution in [3.8, 4) is 0 Å². The summed E-state index contributed by atoms with van der Waals surface area (Å²) in [6.07, 6.45) is 2.90. The molecule has 1 rings (SSSR count). The quantitative estimate of drug-likeness (QED) is 0.495. The predicted octanol–water partition coefficient (Wildman–Crippen LogP) is -1.12. The number of rotatable bonds is 6. The second-order valence-electron chi connectivity index (χ2n) is 4.79. The first-order chi connectivity index (χ1) is 9.39. The molecule has 7 nitrogen and oxygen atoms in total. The number of aryl methyl sites for hydroxylation is 2. The highest BCUT2D eigenvalue weighted by Gasteiger charge is 2.29. The highest BCUT2D eigenvalue weighted by Crippen LogP contribution is 2.13. The van der Waals surface area contributed by atoms with Crippen LogP contribution in [0.4, 0.5) is 0 Å². The molecule has 0 spiro atoms. The molecule has 0 saturated heterocycles. The molecule has 4 N–H and O–H groups in total. The fourth-order valence-corrected chi connectivity index (χ4v) is 1.76. The molecule has 7 heteroatoms. The number of aliphatic hydroxyl groups excluding tert-OH is 3. The maximum atomic E-state index is 11.8. The van der Waals surface area contributed by atoms with Crippen molar-refractivity contribution in [2.24, 2.45) is 7.05 Å². The van der Waals surface area contributed by atoms with Gasteiger partial charge < -0.3 is 20.6 Å². The van der Waals surface area contributed by atoms with Crippen LogP contribution in [0.5, 0.6) is 0 Å². The molecule has 1 heterocycles. The van der Waals surface area contributed by atoms with Crippen LogP contribution in [0, 0.1) is 13.8 Å². The van der Waals surface area contributed by atoms with Crippen molar-refractivity contribution in [3.05, 3.63) is 23.0 Å². The summed E-state index contributed by atoms with van der Waals surface area (Å²) in [6, 6.07) is 0. The first kappa shape index (κ1) is 16.4. The zero-order chi connectivity index (χ0) is 15.3. The summed E-state index contributed by atoms with van der Waals surface area (Å²) in [5.74, 6) is -0.509. The molecule has 0 bridgehead atoms. The average molecular weight is 283 g/mol. The van der Waals surface area contributed by atoms with Gasteiger partial charge in [-0.15, -0.1) is 0 Å². The van der Waals surface area contributed by atoms with Gasteiger partial charge in [-0.3, -0.25) is 9.48 Å². The molecule has 0 fully saturated rings. The lowest BCUT2D eigenvalue weighted by Gasteiger charge is -2.27. The van der Waals surface area contributed by atoms with Crippen LogP contribution in [0.1, 0.15) is 17.0 Å². The van der Waals surface area contributed by atoms with Crippen molar-refractivity contribution in [3.63, 3.8) is 0 Å². The van der Waals surface area contributed by atoms with Gasteiger partial charge in [0.1, 0.15) is 5.54 Å². The van der Waals surface area contributed by atoms with Crippen LogP contribution < -0.4 is 5.32 Å². The van der Waals surface area contributed by atoms with Crippen LogP contribution >= 0.6 is 0 Å². The highest BCUT2D eigenvalue weighted by molar-refractivity contribution is 5.92. The Morgan fingerprint density at radius 3 is 2.25 bits per heavy atom. The summed E-state index contributed by atoms with van der Waals surface area (Å²) >= 11 is 0. The van der Waals surface area contributed by atoms with E-state index >= 15 is 0 Å². The topological polar surface area (TPSA) is 108 Å². The second-order valence-corrected chi connectivity index (χ2v) is 4.79. The monoisotopic (exact) mass is 283 g/mol. The van der Waals surface area contributed by atoms with E-state index in [-0.39, 0.29) is 0 Å². The number of hydrogen-bond acceptors (Lipinski definition) is 5. The first-order valence-electron chi connectivity index (χ1n) is 6.22. The molecule has 0 unspecified atom stereocenters. The van der Waals surface area contributed by atoms with Crippen molar-refractivity contribution in [1.82, 2.24) is 15.1 Å². The lowest BCUT2D eigenvalue weighted by Crippen LogP contribution is -2.56. The number of carbonyl (C=O) groups excluding carboxylic acids is 1. The fraction of sp³-hybridized carbons (Fsp3) is 0.538. The number of nitrogens with zero attached hydrogens (tertiary/aromatic N) is 2. The van der Waals surface area contributed by atoms with Gasteiger partial charge in [0.05, 0.1) is 25.5 Å². The Morgan fingerprint density at radius 1 is 1.30 bits per heavy atom. The van der Waals surface area contributed by atoms with Crippen molar-refractivity contribution in [1.29, 1.82) is 0 Å². The van der Waals surface area contributed by atoms with Gasteiger partial charge in [0.25, 0.3) is 0 Å². The van der Waals surface area contributed by atoms with Gasteiger partial charge >= 0.3 is 0 Å². The van der Waals surface area contributed by atoms with E-state index in [9.17, 15) is 4.79 Å². The van der Waals surface area contributed by atoms with Crippen molar-refractivity contribution in [2.75, 3.05) is 19.8 Å². The van der Waals surface area contributed by atoms with E-state index in [0.717, 1.165) is 17.0 Å². The van der Waals surface area contributed by atoms with Gasteiger partial charge in [0.15, 0.2) is 0 Å². The second kappa shape index (κ2) is 6.65. The van der Waals surface area contributed by atoms with Gasteiger partial charge in [-0.25, -0.2) is 0 Å². The number of amides is 1. The maximum Gasteiger partial charge on any atom is 0.244 e. The minimum atomic E-state index is -1.42. The first-order valence-corrected chi connectivity index (χ1v) is 6.22. The van der Waals surface area contributed by atoms with Crippen LogP contribution in [0.3, 0.4) is 0 Å². The Kier molecular flexibility index (Phi) is 5.43. The Balaban J connectivity index is 2.83. The minimum Gasteiger partial charge on any atom is -0.394 e. The number of carbonyl (C=O) groups is 1. The summed E-state index contributed by atoms with van der Waals surface area (Å²) in [5.41, 5.74) is 1.14. The Morgan fingerprint density at radius 2 is 1.85 bits per heavy atom. The minimum absolute atomic E-state index is 0.509. The molecule has 112 valence electrons. The zero-order valence-electron chi connectivity index (χ0n) is 11.9. The van der Waals surface area contributed by atoms with Gasteiger partial charge in [-0.2, -0.15) is 5.10 Å². The van der Waals surface area contributed by atoms with Gasteiger partial charge in [-0.05, 0) is 19.9 Å². The summed E-state index contributed by atoms with van der Waals surface area (Å²) in [4.78, 5) is 11.8. The molecular formula is C13H21N3O4. The van der Waals surface area contributed by atoms with Crippen LogP contribution in [-0.4, -0.2) is 56.4 Å². The molecule has 0 aromatic carbocycles. The molecule has 0 saturated carbocycles. The van der Waals surface area contributed by atoms with E-state index in [1.54, 1.807) is 10.8 Å². The van der Waals surface area contributed by atoms with Crippen molar-refractivity contribution < 1.29 is 20.1 Å². The van der Waals surface area contributed by atoms with Crippen LogP contribution in [0.15, 0.2) is 6.08 Å². The summed E-state index contributed by atoms with van der Waals surface area (Å²) in [7, 11) is 1.81. The standard InChI is InChI=1S/C13H21N3O4/c1-9-11(10(2)16(3)15-9)4-5-12(20)14-13(6-17,7-18)8-19/h4-5,17-19H,6-8H2,1-3H3,(H,14,20)/b5-4+. The van der Waals surface area contributed by atoms with E-state index in [1.807, 2.05) is 20.9 Å². The summed E-state index contributed by atoms with van der Waals surface area (Å²) in [5, 5.41) is 34.0. The highest BCUT2D eigenvalue weighted by atomic mass is 16.3. The molecule has 1 aromatic rings. The molecule has 0 aliphatic carbocycles. The van der Waals surface area contributed by atoms with Crippen LogP contribution in [0.2, 0.25) is 0 Å². The lowest BCUT2D eigenvalue weighted by molar-refractivity contribution is -0.120. The van der Waals surface area contributed by atoms with Gasteiger partial charge in [0.2, 0.25) is 5.91 Å². The number of aromatic nitrogens is 2. The normalized spacial score (nSPS) is 12.1. The molecular weight excluding hydrogens is 262 g/mol. The molecule has 1 amide bonds. The maximum absolute atomic E-state index is 11.8. The fourth-order valence-electron chi connectivity index (χ4n) is 1.76. The molecule has 0 aliphatic heterocycles. The van der Waals surface area contributed by atoms with Crippen molar-refractivity contribution >= 4 is 12.0 Å². The van der Waals surface area contributed by atoms with E-state index in [0.29, 0.717) is 0 Å². The third-order valence-electron chi connectivity index (χ3n) is 3.26. The summed E-state index contributed by atoms with van der Waals surface area (Å²) in [6.45, 7) is 2.07. The van der Waals surface area contributed by atoms with E-state index in [2.05, 4.69) is 10.4 Å². The number of aliphatic hydroxyl groups is 3. The van der Waals surface area contributed by atoms with Gasteiger partial charge in [0, 0.05) is 24.4 Å². The third kappa shape index (κ3) is 3.44. The molecule has 0 radical (unpaired) electrons. The molecule has 1 aromatic heterocycles. The van der Waals surface area contributed by atoms with Crippen molar-refractivity contribution in [2.45, 2.75) is 19.4 Å². The van der Waals surface area contributed by atoms with Gasteiger partial charge in [-0.1, -0.05) is 0 Å². The van der Waals surface area contributed by atoms with E-state index in [4.69, 9.17) is 15.3 Å². The van der Waals surface area contributed by atoms with Crippen LogP contribution in [0.25, 0.3) is 6.08 Å². The molecule has 0 atom stereocenters. The number of hydrogen-bond donors (Lipinski definition) is 4. The Bertz CT molecular complexity index is 496. The Hall–Kier alpha value is -1.70. The molecule has 0 aliphatic rings. The Labute approximate surface area is 117 Å². The lowest BCUT2D eigenvalue weighted by atomic mass is 10.0. The number of nitrogens with one attached hydrogen (secondary N) is 1. The summed E-state index contributed by atoms with van der Waals surface area (Å²) < 4.78 is 1.71. The average Bonchev–Trinajstić information content (AvgIpc) is 2.68. The third-order valence-corrected chi connectivity index (χ3v) is 3.26. The SMILES string of the molecule is Cc1nn(C)c(C)c1/C=C/C(=O)NC(CO)(CO)CO. The molecule has 20 heavy (non-hydrogen) atoms. The predicted molar refractivity (Wildman–Crippen MR) is 73.8 cm³/mol. The van der Waals surface area contributed by atoms with E-state index in [1.165, 1.54) is 6.08 Å².